The Kier molecular flexibility index (Phi) is 7.91. The van der Waals surface area contributed by atoms with Crippen LogP contribution in [-0.2, 0) is 4.74 Å². The molecule has 1 aliphatic rings. The minimum Gasteiger partial charge on any atom is -0.450 e. The third kappa shape index (κ3) is 6.43. The van der Waals surface area contributed by atoms with Crippen LogP contribution in [-0.4, -0.2) is 68.3 Å². The van der Waals surface area contributed by atoms with Gasteiger partial charge in [0, 0.05) is 25.7 Å². The molecule has 7 nitrogen and oxygen atoms in total. The van der Waals surface area contributed by atoms with E-state index in [9.17, 15) is 9.59 Å². The summed E-state index contributed by atoms with van der Waals surface area (Å²) in [6.45, 7) is 5.99. The molecule has 1 aromatic rings. The maximum atomic E-state index is 12.3. The standard InChI is InChI=1S/C20H32N4O3/c1-5-27-20(26)24-12-10-17(11-13-24)22-19(25)21-14-18(23(3)4)16-8-6-15(2)7-9-16/h6-9,17-18H,5,10-14H2,1-4H3,(H2,21,22,25). The number of hydrogen-bond donors (Lipinski definition) is 2. The summed E-state index contributed by atoms with van der Waals surface area (Å²) < 4.78 is 5.02. The number of likely N-dealkylation sites (N-methyl/N-ethyl adjacent to an activating group) is 1. The SMILES string of the molecule is CCOC(=O)N1CCC(NC(=O)NCC(c2ccc(C)cc2)N(C)C)CC1. The number of ether oxygens (including phenoxy) is 1. The van der Waals surface area contributed by atoms with Crippen LogP contribution in [0.2, 0.25) is 0 Å². The molecule has 2 N–H and O–H groups in total. The fourth-order valence-corrected chi connectivity index (χ4v) is 3.23. The van der Waals surface area contributed by atoms with Crippen LogP contribution in [0, 0.1) is 6.92 Å². The Bertz CT molecular complexity index is 610. The molecule has 1 atom stereocenters. The van der Waals surface area contributed by atoms with Crippen LogP contribution in [0.25, 0.3) is 0 Å². The zero-order valence-corrected chi connectivity index (χ0v) is 16.8. The number of carbonyl (C=O) groups excluding carboxylic acids is 2. The van der Waals surface area contributed by atoms with E-state index in [2.05, 4.69) is 46.7 Å². The highest BCUT2D eigenvalue weighted by Crippen LogP contribution is 2.18. The number of aryl methyl sites for hydroxylation is 1. The van der Waals surface area contributed by atoms with Crippen molar-refractivity contribution >= 4 is 12.1 Å². The number of carbonyl (C=O) groups is 2. The molecule has 1 heterocycles. The number of rotatable bonds is 6. The van der Waals surface area contributed by atoms with E-state index in [0.717, 1.165) is 12.8 Å². The number of urea groups is 1. The number of benzene rings is 1. The van der Waals surface area contributed by atoms with Gasteiger partial charge in [-0.3, -0.25) is 0 Å². The van der Waals surface area contributed by atoms with Crippen molar-refractivity contribution in [3.8, 4) is 0 Å². The third-order valence-corrected chi connectivity index (χ3v) is 4.90. The summed E-state index contributed by atoms with van der Waals surface area (Å²) in [5.41, 5.74) is 2.39. The Morgan fingerprint density at radius 1 is 1.22 bits per heavy atom. The predicted molar refractivity (Wildman–Crippen MR) is 106 cm³/mol. The molecule has 1 saturated heterocycles. The molecule has 0 aliphatic carbocycles. The highest BCUT2D eigenvalue weighted by atomic mass is 16.6. The van der Waals surface area contributed by atoms with Crippen molar-refractivity contribution in [1.29, 1.82) is 0 Å². The van der Waals surface area contributed by atoms with Gasteiger partial charge in [0.1, 0.15) is 0 Å². The first-order valence-corrected chi connectivity index (χ1v) is 9.59. The molecule has 1 aromatic carbocycles. The van der Waals surface area contributed by atoms with Crippen molar-refractivity contribution in [1.82, 2.24) is 20.4 Å². The van der Waals surface area contributed by atoms with Gasteiger partial charge in [-0.2, -0.15) is 0 Å². The maximum absolute atomic E-state index is 12.3. The second kappa shape index (κ2) is 10.2. The van der Waals surface area contributed by atoms with Gasteiger partial charge in [0.25, 0.3) is 0 Å². The quantitative estimate of drug-likeness (QED) is 0.800. The molecule has 1 aliphatic heterocycles. The van der Waals surface area contributed by atoms with Crippen molar-refractivity contribution in [3.63, 3.8) is 0 Å². The summed E-state index contributed by atoms with van der Waals surface area (Å²) in [4.78, 5) is 27.8. The maximum Gasteiger partial charge on any atom is 0.409 e. The van der Waals surface area contributed by atoms with Gasteiger partial charge >= 0.3 is 12.1 Å². The Hall–Kier alpha value is -2.28. The molecule has 0 spiro atoms. The number of nitrogens with zero attached hydrogens (tertiary/aromatic N) is 2. The highest BCUT2D eigenvalue weighted by molar-refractivity contribution is 5.74. The summed E-state index contributed by atoms with van der Waals surface area (Å²) in [6.07, 6.45) is 1.20. The molecule has 0 aromatic heterocycles. The molecular weight excluding hydrogens is 344 g/mol. The minimum absolute atomic E-state index is 0.0767. The van der Waals surface area contributed by atoms with Crippen LogP contribution in [0.5, 0.6) is 0 Å². The summed E-state index contributed by atoms with van der Waals surface area (Å²) in [7, 11) is 4.02. The summed E-state index contributed by atoms with van der Waals surface area (Å²) in [5, 5.41) is 6.00. The molecule has 2 rings (SSSR count). The molecule has 150 valence electrons. The summed E-state index contributed by atoms with van der Waals surface area (Å²) in [5.74, 6) is 0. The molecular formula is C20H32N4O3. The first-order valence-electron chi connectivity index (χ1n) is 9.59. The second-order valence-corrected chi connectivity index (χ2v) is 7.20. The lowest BCUT2D eigenvalue weighted by atomic mass is 10.0. The first kappa shape index (κ1) is 21.0. The molecule has 0 saturated carbocycles. The van der Waals surface area contributed by atoms with E-state index >= 15 is 0 Å². The van der Waals surface area contributed by atoms with E-state index in [-0.39, 0.29) is 24.2 Å². The van der Waals surface area contributed by atoms with Gasteiger partial charge in [0.15, 0.2) is 0 Å². The topological polar surface area (TPSA) is 73.9 Å². The van der Waals surface area contributed by atoms with Crippen molar-refractivity contribution in [2.45, 2.75) is 38.8 Å². The minimum atomic E-state index is -0.271. The summed E-state index contributed by atoms with van der Waals surface area (Å²) >= 11 is 0. The third-order valence-electron chi connectivity index (χ3n) is 4.90. The molecule has 7 heteroatoms. The average molecular weight is 377 g/mol. The van der Waals surface area contributed by atoms with Crippen molar-refractivity contribution in [2.75, 3.05) is 40.3 Å². The molecule has 1 unspecified atom stereocenters. The van der Waals surface area contributed by atoms with Gasteiger partial charge < -0.3 is 25.2 Å². The first-order chi connectivity index (χ1) is 12.9. The van der Waals surface area contributed by atoms with Gasteiger partial charge in [0.2, 0.25) is 0 Å². The average Bonchev–Trinajstić information content (AvgIpc) is 2.64. The Morgan fingerprint density at radius 3 is 2.41 bits per heavy atom. The van der Waals surface area contributed by atoms with Crippen molar-refractivity contribution in [3.05, 3.63) is 35.4 Å². The van der Waals surface area contributed by atoms with Gasteiger partial charge in [-0.15, -0.1) is 0 Å². The lowest BCUT2D eigenvalue weighted by Crippen LogP contribution is -2.50. The largest absolute Gasteiger partial charge is 0.450 e. The zero-order chi connectivity index (χ0) is 19.8. The van der Waals surface area contributed by atoms with E-state index in [4.69, 9.17) is 4.74 Å². The Balaban J connectivity index is 1.78. The van der Waals surface area contributed by atoms with Gasteiger partial charge in [-0.1, -0.05) is 29.8 Å². The van der Waals surface area contributed by atoms with Crippen LogP contribution < -0.4 is 10.6 Å². The molecule has 0 bridgehead atoms. The molecule has 3 amide bonds. The number of piperidine rings is 1. The number of nitrogens with one attached hydrogen (secondary N) is 2. The van der Waals surface area contributed by atoms with Crippen LogP contribution in [0.1, 0.15) is 36.9 Å². The molecule has 27 heavy (non-hydrogen) atoms. The van der Waals surface area contributed by atoms with Gasteiger partial charge in [0.05, 0.1) is 12.6 Å². The smallest absolute Gasteiger partial charge is 0.409 e. The van der Waals surface area contributed by atoms with E-state index in [1.165, 1.54) is 11.1 Å². The van der Waals surface area contributed by atoms with Crippen LogP contribution in [0.4, 0.5) is 9.59 Å². The van der Waals surface area contributed by atoms with E-state index < -0.39 is 0 Å². The number of amides is 3. The van der Waals surface area contributed by atoms with Crippen LogP contribution in [0.3, 0.4) is 0 Å². The highest BCUT2D eigenvalue weighted by Gasteiger charge is 2.24. The monoisotopic (exact) mass is 376 g/mol. The van der Waals surface area contributed by atoms with Gasteiger partial charge in [-0.25, -0.2) is 9.59 Å². The fourth-order valence-electron chi connectivity index (χ4n) is 3.23. The van der Waals surface area contributed by atoms with Crippen LogP contribution in [0.15, 0.2) is 24.3 Å². The van der Waals surface area contributed by atoms with E-state index in [1.54, 1.807) is 11.8 Å². The molecule has 0 radical (unpaired) electrons. The number of hydrogen-bond acceptors (Lipinski definition) is 4. The van der Waals surface area contributed by atoms with E-state index in [0.29, 0.717) is 26.2 Å². The van der Waals surface area contributed by atoms with E-state index in [1.807, 2.05) is 14.1 Å². The van der Waals surface area contributed by atoms with Crippen molar-refractivity contribution in [2.24, 2.45) is 0 Å². The normalized spacial score (nSPS) is 16.1. The second-order valence-electron chi connectivity index (χ2n) is 7.20. The fraction of sp³-hybridized carbons (Fsp3) is 0.600. The van der Waals surface area contributed by atoms with Crippen LogP contribution >= 0.6 is 0 Å². The van der Waals surface area contributed by atoms with Gasteiger partial charge in [-0.05, 0) is 46.3 Å². The Labute approximate surface area is 162 Å². The molecule has 1 fully saturated rings. The van der Waals surface area contributed by atoms with Crippen molar-refractivity contribution < 1.29 is 14.3 Å². The number of likely N-dealkylation sites (tertiary alicyclic amines) is 1. The summed E-state index contributed by atoms with van der Waals surface area (Å²) in [6, 6.07) is 8.40. The zero-order valence-electron chi connectivity index (χ0n) is 16.8. The Morgan fingerprint density at radius 2 is 1.85 bits per heavy atom. The lowest BCUT2D eigenvalue weighted by molar-refractivity contribution is 0.0957. The lowest BCUT2D eigenvalue weighted by Gasteiger charge is -2.32. The predicted octanol–water partition coefficient (Wildman–Crippen LogP) is 2.52.